The number of aromatic nitrogens is 2. The van der Waals surface area contributed by atoms with Crippen LogP contribution >= 0.6 is 21.6 Å². The van der Waals surface area contributed by atoms with Gasteiger partial charge in [0.05, 0.1) is 11.0 Å². The molecule has 0 atom stereocenters. The molecular weight excluding hydrogens is 488 g/mol. The van der Waals surface area contributed by atoms with Crippen molar-refractivity contribution in [2.75, 3.05) is 13.1 Å². The Hall–Kier alpha value is -3.10. The largest absolute Gasteiger partial charge is 0.352 e. The van der Waals surface area contributed by atoms with Crippen molar-refractivity contribution < 1.29 is 9.59 Å². The van der Waals surface area contributed by atoms with Crippen LogP contribution in [0.3, 0.4) is 0 Å². The number of amides is 2. The quantitative estimate of drug-likeness (QED) is 0.251. The number of carbonyl (C=O) groups is 2. The van der Waals surface area contributed by atoms with Crippen LogP contribution in [0.5, 0.6) is 0 Å². The van der Waals surface area contributed by atoms with Crippen molar-refractivity contribution in [3.8, 4) is 0 Å². The highest BCUT2D eigenvalue weighted by Crippen LogP contribution is 2.43. The van der Waals surface area contributed by atoms with Gasteiger partial charge in [0.15, 0.2) is 0 Å². The summed E-state index contributed by atoms with van der Waals surface area (Å²) >= 11 is 0. The first kappa shape index (κ1) is 26.0. The van der Waals surface area contributed by atoms with Crippen molar-refractivity contribution in [1.82, 2.24) is 20.6 Å². The number of nitrogens with zero attached hydrogens (tertiary/aromatic N) is 2. The Balaban J connectivity index is 1.60. The third kappa shape index (κ3) is 5.99. The zero-order chi connectivity index (χ0) is 25.7. The SMILES string of the molecule is CC(C)CNC(=O)c1ccc(SSc2ccc(C(=O)NCC(C)C)c3cccnc23)c2ncccc12. The summed E-state index contributed by atoms with van der Waals surface area (Å²) in [6.07, 6.45) is 3.49. The molecule has 0 aliphatic heterocycles. The molecule has 4 rings (SSSR count). The Morgan fingerprint density at radius 2 is 1.11 bits per heavy atom. The predicted molar refractivity (Wildman–Crippen MR) is 150 cm³/mol. The van der Waals surface area contributed by atoms with Crippen molar-refractivity contribution in [2.24, 2.45) is 11.8 Å². The van der Waals surface area contributed by atoms with Gasteiger partial charge in [-0.25, -0.2) is 0 Å². The van der Waals surface area contributed by atoms with E-state index in [0.717, 1.165) is 31.6 Å². The predicted octanol–water partition coefficient (Wildman–Crippen LogP) is 6.35. The first-order chi connectivity index (χ1) is 17.3. The highest BCUT2D eigenvalue weighted by molar-refractivity contribution is 8.76. The molecule has 8 heteroatoms. The van der Waals surface area contributed by atoms with Gasteiger partial charge in [-0.1, -0.05) is 61.4 Å². The second kappa shape index (κ2) is 11.8. The molecule has 0 bridgehead atoms. The zero-order valence-corrected chi connectivity index (χ0v) is 22.5. The Bertz CT molecular complexity index is 1300. The van der Waals surface area contributed by atoms with Crippen LogP contribution < -0.4 is 10.6 Å². The van der Waals surface area contributed by atoms with Gasteiger partial charge in [-0.05, 0) is 48.2 Å². The van der Waals surface area contributed by atoms with Gasteiger partial charge in [0.25, 0.3) is 11.8 Å². The molecule has 36 heavy (non-hydrogen) atoms. The van der Waals surface area contributed by atoms with Gasteiger partial charge in [-0.15, -0.1) is 0 Å². The molecule has 0 spiro atoms. The van der Waals surface area contributed by atoms with Gasteiger partial charge in [-0.3, -0.25) is 19.6 Å². The molecule has 6 nitrogen and oxygen atoms in total. The van der Waals surface area contributed by atoms with Crippen molar-refractivity contribution in [3.63, 3.8) is 0 Å². The number of pyridine rings is 2. The lowest BCUT2D eigenvalue weighted by atomic mass is 10.1. The summed E-state index contributed by atoms with van der Waals surface area (Å²) in [7, 11) is 3.13. The highest BCUT2D eigenvalue weighted by Gasteiger charge is 2.17. The molecule has 186 valence electrons. The third-order valence-corrected chi connectivity index (χ3v) is 7.95. The van der Waals surface area contributed by atoms with Crippen molar-refractivity contribution >= 4 is 55.2 Å². The van der Waals surface area contributed by atoms with Gasteiger partial charge < -0.3 is 10.6 Å². The number of hydrogen-bond donors (Lipinski definition) is 2. The first-order valence-corrected chi connectivity index (χ1v) is 14.2. The third-order valence-electron chi connectivity index (χ3n) is 5.52. The van der Waals surface area contributed by atoms with E-state index in [0.29, 0.717) is 36.1 Å². The molecule has 2 aromatic heterocycles. The Morgan fingerprint density at radius 1 is 0.694 bits per heavy atom. The molecule has 0 saturated carbocycles. The molecular formula is C28H30N4O2S2. The van der Waals surface area contributed by atoms with Crippen LogP contribution in [0.25, 0.3) is 21.8 Å². The Morgan fingerprint density at radius 3 is 1.50 bits per heavy atom. The topological polar surface area (TPSA) is 84.0 Å². The number of benzene rings is 2. The van der Waals surface area contributed by atoms with Crippen LogP contribution in [0.15, 0.2) is 70.7 Å². The van der Waals surface area contributed by atoms with Gasteiger partial charge in [0, 0.05) is 57.2 Å². The number of carbonyl (C=O) groups excluding carboxylic acids is 2. The van der Waals surface area contributed by atoms with E-state index in [1.165, 1.54) is 0 Å². The summed E-state index contributed by atoms with van der Waals surface area (Å²) < 4.78 is 0. The Kier molecular flexibility index (Phi) is 8.48. The molecule has 0 saturated heterocycles. The maximum Gasteiger partial charge on any atom is 0.251 e. The lowest BCUT2D eigenvalue weighted by molar-refractivity contribution is 0.0942. The minimum Gasteiger partial charge on any atom is -0.352 e. The van der Waals surface area contributed by atoms with Crippen LogP contribution in [-0.4, -0.2) is 34.9 Å². The molecule has 2 aromatic carbocycles. The summed E-state index contributed by atoms with van der Waals surface area (Å²) in [6, 6.07) is 15.2. The fraction of sp³-hybridized carbons (Fsp3) is 0.286. The summed E-state index contributed by atoms with van der Waals surface area (Å²) in [6.45, 7) is 9.53. The van der Waals surface area contributed by atoms with E-state index in [9.17, 15) is 9.59 Å². The molecule has 2 N–H and O–H groups in total. The number of rotatable bonds is 9. The molecule has 0 unspecified atom stereocenters. The molecule has 2 amide bonds. The second-order valence-corrected chi connectivity index (χ2v) is 11.6. The summed E-state index contributed by atoms with van der Waals surface area (Å²) in [4.78, 5) is 36.6. The molecule has 0 aliphatic rings. The smallest absolute Gasteiger partial charge is 0.251 e. The number of hydrogen-bond acceptors (Lipinski definition) is 6. The number of nitrogens with one attached hydrogen (secondary N) is 2. The van der Waals surface area contributed by atoms with Crippen LogP contribution in [0.1, 0.15) is 48.4 Å². The fourth-order valence-electron chi connectivity index (χ4n) is 3.70. The van der Waals surface area contributed by atoms with Gasteiger partial charge in [0.2, 0.25) is 0 Å². The minimum atomic E-state index is -0.0903. The zero-order valence-electron chi connectivity index (χ0n) is 20.9. The molecule has 0 aliphatic carbocycles. The maximum atomic E-state index is 12.8. The molecule has 0 fully saturated rings. The van der Waals surface area contributed by atoms with Crippen molar-refractivity contribution in [3.05, 3.63) is 72.1 Å². The van der Waals surface area contributed by atoms with Crippen molar-refractivity contribution in [2.45, 2.75) is 37.5 Å². The van der Waals surface area contributed by atoms with E-state index in [1.807, 2.05) is 48.5 Å². The van der Waals surface area contributed by atoms with E-state index >= 15 is 0 Å². The van der Waals surface area contributed by atoms with Crippen molar-refractivity contribution in [1.29, 1.82) is 0 Å². The van der Waals surface area contributed by atoms with Gasteiger partial charge in [0.1, 0.15) is 0 Å². The lowest BCUT2D eigenvalue weighted by Crippen LogP contribution is -2.27. The average Bonchev–Trinajstić information content (AvgIpc) is 2.88. The van der Waals surface area contributed by atoms with Crippen LogP contribution in [-0.2, 0) is 0 Å². The molecule has 2 heterocycles. The summed E-state index contributed by atoms with van der Waals surface area (Å²) in [5, 5.41) is 7.64. The van der Waals surface area contributed by atoms with E-state index in [-0.39, 0.29) is 11.8 Å². The van der Waals surface area contributed by atoms with E-state index < -0.39 is 0 Å². The van der Waals surface area contributed by atoms with Gasteiger partial charge in [-0.2, -0.15) is 0 Å². The van der Waals surface area contributed by atoms with E-state index in [1.54, 1.807) is 34.0 Å². The fourth-order valence-corrected chi connectivity index (χ4v) is 5.95. The highest BCUT2D eigenvalue weighted by atomic mass is 33.1. The van der Waals surface area contributed by atoms with E-state index in [2.05, 4.69) is 48.3 Å². The Labute approximate surface area is 219 Å². The molecule has 0 radical (unpaired) electrons. The normalized spacial score (nSPS) is 11.4. The average molecular weight is 519 g/mol. The van der Waals surface area contributed by atoms with Crippen LogP contribution in [0, 0.1) is 11.8 Å². The van der Waals surface area contributed by atoms with Crippen LogP contribution in [0.2, 0.25) is 0 Å². The summed E-state index contributed by atoms with van der Waals surface area (Å²) in [5.41, 5.74) is 2.82. The minimum absolute atomic E-state index is 0.0903. The summed E-state index contributed by atoms with van der Waals surface area (Å²) in [5.74, 6) is 0.571. The second-order valence-electron chi connectivity index (χ2n) is 9.40. The lowest BCUT2D eigenvalue weighted by Gasteiger charge is -2.13. The van der Waals surface area contributed by atoms with E-state index in [4.69, 9.17) is 0 Å². The first-order valence-electron chi connectivity index (χ1n) is 12.0. The molecule has 4 aromatic rings. The number of fused-ring (bicyclic) bond motifs is 2. The standard InChI is InChI=1S/C28H30N4O2S2/c1-17(2)15-31-27(33)21-9-11-23(25-19(21)7-5-13-29-25)35-36-24-12-10-22(28(34)32-16-18(3)4)20-8-6-14-30-26(20)24/h5-14,17-18H,15-16H2,1-4H3,(H,31,33)(H,32,34). The van der Waals surface area contributed by atoms with Crippen LogP contribution in [0.4, 0.5) is 0 Å². The maximum absolute atomic E-state index is 12.8. The van der Waals surface area contributed by atoms with Gasteiger partial charge >= 0.3 is 0 Å². The monoisotopic (exact) mass is 518 g/mol.